The van der Waals surface area contributed by atoms with Crippen LogP contribution in [0.15, 0.2) is 34.2 Å². The number of Topliss-reactive ketones (excluding diaryl/α,β-unsaturated/α-hetero) is 2. The number of fused-ring (bicyclic) bond motifs is 1. The van der Waals surface area contributed by atoms with Crippen molar-refractivity contribution >= 4 is 34.9 Å². The summed E-state index contributed by atoms with van der Waals surface area (Å²) in [4.78, 5) is 24.7. The highest BCUT2D eigenvalue weighted by Crippen LogP contribution is 2.34. The van der Waals surface area contributed by atoms with E-state index < -0.39 is 0 Å². The zero-order chi connectivity index (χ0) is 13.8. The first kappa shape index (κ1) is 14.3. The van der Waals surface area contributed by atoms with Gasteiger partial charge in [-0.2, -0.15) is 0 Å². The van der Waals surface area contributed by atoms with Crippen LogP contribution < -0.4 is 0 Å². The second-order valence-corrected chi connectivity index (χ2v) is 5.61. The van der Waals surface area contributed by atoms with E-state index in [1.165, 1.54) is 11.8 Å². The molecule has 19 heavy (non-hydrogen) atoms. The zero-order valence-electron chi connectivity index (χ0n) is 10.2. The maximum atomic E-state index is 12.3. The van der Waals surface area contributed by atoms with E-state index in [4.69, 9.17) is 16.7 Å². The zero-order valence-corrected chi connectivity index (χ0v) is 11.8. The molecule has 5 heteroatoms. The lowest BCUT2D eigenvalue weighted by molar-refractivity contribution is 0.0987. The number of benzene rings is 1. The SMILES string of the molecule is O=C1C(Cl)=C(SCCCCO)C(=O)c2ccccc21. The lowest BCUT2D eigenvalue weighted by Crippen LogP contribution is -2.18. The molecule has 0 saturated heterocycles. The largest absolute Gasteiger partial charge is 0.396 e. The third-order valence-electron chi connectivity index (χ3n) is 2.82. The highest BCUT2D eigenvalue weighted by molar-refractivity contribution is 8.04. The van der Waals surface area contributed by atoms with Gasteiger partial charge in [0.05, 0.1) is 4.91 Å². The summed E-state index contributed by atoms with van der Waals surface area (Å²) in [5.74, 6) is 0.184. The van der Waals surface area contributed by atoms with E-state index in [1.54, 1.807) is 24.3 Å². The number of unbranched alkanes of at least 4 members (excludes halogenated alkanes) is 1. The van der Waals surface area contributed by atoms with Gasteiger partial charge in [-0.15, -0.1) is 11.8 Å². The minimum absolute atomic E-state index is 0.0118. The van der Waals surface area contributed by atoms with E-state index in [9.17, 15) is 9.59 Å². The molecule has 1 N–H and O–H groups in total. The van der Waals surface area contributed by atoms with Crippen molar-refractivity contribution in [2.45, 2.75) is 12.8 Å². The van der Waals surface area contributed by atoms with Gasteiger partial charge in [0.25, 0.3) is 0 Å². The van der Waals surface area contributed by atoms with Crippen LogP contribution in [0.1, 0.15) is 33.6 Å². The molecule has 0 saturated carbocycles. The molecule has 1 aliphatic carbocycles. The Bertz CT molecular complexity index is 551. The number of allylic oxidation sites excluding steroid dienone is 2. The van der Waals surface area contributed by atoms with Crippen LogP contribution in [0.5, 0.6) is 0 Å². The van der Waals surface area contributed by atoms with Crippen molar-refractivity contribution in [3.63, 3.8) is 0 Å². The third-order valence-corrected chi connectivity index (χ3v) is 4.46. The van der Waals surface area contributed by atoms with Crippen molar-refractivity contribution in [1.29, 1.82) is 0 Å². The fourth-order valence-corrected chi connectivity index (χ4v) is 3.20. The number of carbonyl (C=O) groups excluding carboxylic acids is 2. The molecule has 0 radical (unpaired) electrons. The summed E-state index contributed by atoms with van der Waals surface area (Å²) in [7, 11) is 0. The van der Waals surface area contributed by atoms with E-state index in [-0.39, 0.29) is 23.2 Å². The van der Waals surface area contributed by atoms with Crippen molar-refractivity contribution in [2.75, 3.05) is 12.4 Å². The van der Waals surface area contributed by atoms with E-state index in [2.05, 4.69) is 0 Å². The molecular formula is C14H13ClO3S. The molecule has 2 rings (SSSR count). The lowest BCUT2D eigenvalue weighted by Gasteiger charge is -2.16. The van der Waals surface area contributed by atoms with Gasteiger partial charge in [-0.3, -0.25) is 9.59 Å². The summed E-state index contributed by atoms with van der Waals surface area (Å²) in [6.07, 6.45) is 1.45. The highest BCUT2D eigenvalue weighted by atomic mass is 35.5. The number of hydrogen-bond acceptors (Lipinski definition) is 4. The van der Waals surface area contributed by atoms with Crippen molar-refractivity contribution in [2.24, 2.45) is 0 Å². The molecule has 1 aromatic carbocycles. The van der Waals surface area contributed by atoms with E-state index in [1.807, 2.05) is 0 Å². The predicted molar refractivity (Wildman–Crippen MR) is 76.8 cm³/mol. The van der Waals surface area contributed by atoms with Crippen LogP contribution >= 0.6 is 23.4 Å². The Morgan fingerprint density at radius 1 is 1.05 bits per heavy atom. The molecule has 0 unspecified atom stereocenters. The van der Waals surface area contributed by atoms with Crippen LogP contribution in [0, 0.1) is 0 Å². The fourth-order valence-electron chi connectivity index (χ4n) is 1.84. The second kappa shape index (κ2) is 6.37. The van der Waals surface area contributed by atoms with Crippen LogP contribution in [0.25, 0.3) is 0 Å². The van der Waals surface area contributed by atoms with Gasteiger partial charge in [-0.1, -0.05) is 35.9 Å². The molecule has 0 aromatic heterocycles. The topological polar surface area (TPSA) is 54.4 Å². The van der Waals surface area contributed by atoms with E-state index in [0.29, 0.717) is 28.2 Å². The number of aliphatic hydroxyl groups excluding tert-OH is 1. The standard InChI is InChI=1S/C14H13ClO3S/c15-11-12(17)9-5-1-2-6-10(9)13(18)14(11)19-8-4-3-7-16/h1-2,5-6,16H,3-4,7-8H2. The van der Waals surface area contributed by atoms with E-state index in [0.717, 1.165) is 6.42 Å². The molecule has 1 aromatic rings. The Hall–Kier alpha value is -1.10. The van der Waals surface area contributed by atoms with Gasteiger partial charge in [0, 0.05) is 17.7 Å². The maximum absolute atomic E-state index is 12.3. The Balaban J connectivity index is 2.22. The average molecular weight is 297 g/mol. The number of thioether (sulfide) groups is 1. The Kier molecular flexibility index (Phi) is 4.80. The van der Waals surface area contributed by atoms with Gasteiger partial charge < -0.3 is 5.11 Å². The summed E-state index contributed by atoms with van der Waals surface area (Å²) >= 11 is 7.29. The van der Waals surface area contributed by atoms with Crippen LogP contribution in [-0.4, -0.2) is 29.0 Å². The van der Waals surface area contributed by atoms with Gasteiger partial charge >= 0.3 is 0 Å². The van der Waals surface area contributed by atoms with Gasteiger partial charge in [-0.25, -0.2) is 0 Å². The van der Waals surface area contributed by atoms with Gasteiger partial charge in [-0.05, 0) is 18.6 Å². The first-order valence-corrected chi connectivity index (χ1v) is 7.35. The molecule has 0 spiro atoms. The van der Waals surface area contributed by atoms with Crippen molar-refractivity contribution in [1.82, 2.24) is 0 Å². The predicted octanol–water partition coefficient (Wildman–Crippen LogP) is 3.02. The number of carbonyl (C=O) groups is 2. The second-order valence-electron chi connectivity index (χ2n) is 4.13. The van der Waals surface area contributed by atoms with Gasteiger partial charge in [0.15, 0.2) is 0 Å². The number of aliphatic hydroxyl groups is 1. The molecule has 0 amide bonds. The molecule has 0 atom stereocenters. The van der Waals surface area contributed by atoms with Crippen LogP contribution in [0.2, 0.25) is 0 Å². The summed E-state index contributed by atoms with van der Waals surface area (Å²) in [6, 6.07) is 6.71. The first-order chi connectivity index (χ1) is 9.16. The van der Waals surface area contributed by atoms with Crippen molar-refractivity contribution in [3.8, 4) is 0 Å². The molecule has 3 nitrogen and oxygen atoms in total. The molecular weight excluding hydrogens is 284 g/mol. The minimum atomic E-state index is -0.290. The summed E-state index contributed by atoms with van der Waals surface area (Å²) in [5, 5.41) is 8.72. The summed E-state index contributed by atoms with van der Waals surface area (Å²) in [5.41, 5.74) is 0.791. The Morgan fingerprint density at radius 3 is 2.32 bits per heavy atom. The van der Waals surface area contributed by atoms with Crippen molar-refractivity contribution in [3.05, 3.63) is 45.3 Å². The fraction of sp³-hybridized carbons (Fsp3) is 0.286. The monoisotopic (exact) mass is 296 g/mol. The van der Waals surface area contributed by atoms with Crippen molar-refractivity contribution < 1.29 is 14.7 Å². The molecule has 0 heterocycles. The molecule has 0 bridgehead atoms. The van der Waals surface area contributed by atoms with E-state index >= 15 is 0 Å². The summed E-state index contributed by atoms with van der Waals surface area (Å²) in [6.45, 7) is 0.128. The van der Waals surface area contributed by atoms with Crippen LogP contribution in [0.3, 0.4) is 0 Å². The molecule has 100 valence electrons. The number of rotatable bonds is 5. The average Bonchev–Trinajstić information content (AvgIpc) is 2.44. The molecule has 1 aliphatic rings. The Labute approximate surface area is 120 Å². The smallest absolute Gasteiger partial charge is 0.206 e. The number of halogens is 1. The first-order valence-electron chi connectivity index (χ1n) is 5.98. The number of hydrogen-bond donors (Lipinski definition) is 1. The van der Waals surface area contributed by atoms with Gasteiger partial charge in [0.2, 0.25) is 11.6 Å². The van der Waals surface area contributed by atoms with Crippen LogP contribution in [-0.2, 0) is 0 Å². The van der Waals surface area contributed by atoms with Crippen LogP contribution in [0.4, 0.5) is 0 Å². The summed E-state index contributed by atoms with van der Waals surface area (Å²) < 4.78 is 0. The normalized spacial score (nSPS) is 14.8. The van der Waals surface area contributed by atoms with Gasteiger partial charge in [0.1, 0.15) is 5.03 Å². The highest BCUT2D eigenvalue weighted by Gasteiger charge is 2.30. The molecule has 0 fully saturated rings. The lowest BCUT2D eigenvalue weighted by atomic mass is 9.95. The Morgan fingerprint density at radius 2 is 1.68 bits per heavy atom. The quantitative estimate of drug-likeness (QED) is 0.849. The minimum Gasteiger partial charge on any atom is -0.396 e. The molecule has 0 aliphatic heterocycles. The maximum Gasteiger partial charge on any atom is 0.206 e. The number of ketones is 2. The third kappa shape index (κ3) is 2.91.